The molecule has 14 heavy (non-hydrogen) atoms. The summed E-state index contributed by atoms with van der Waals surface area (Å²) in [7, 11) is 0. The zero-order valence-electron chi connectivity index (χ0n) is 8.33. The number of aliphatic hydroxyl groups excluding tert-OH is 1. The van der Waals surface area contributed by atoms with Gasteiger partial charge in [-0.05, 0) is 40.4 Å². The number of hydrogen-bond acceptors (Lipinski definition) is 3. The van der Waals surface area contributed by atoms with Crippen LogP contribution in [0.5, 0.6) is 0 Å². The Balaban J connectivity index is 2.59. The highest BCUT2D eigenvalue weighted by Gasteiger charge is 2.05. The molecule has 1 unspecified atom stereocenters. The molecule has 2 nitrogen and oxygen atoms in total. The zero-order valence-corrected chi connectivity index (χ0v) is 10.7. The molecule has 4 heteroatoms. The van der Waals surface area contributed by atoms with E-state index in [0.29, 0.717) is 5.92 Å². The Morgan fingerprint density at radius 3 is 2.93 bits per heavy atom. The quantitative estimate of drug-likeness (QED) is 0.858. The lowest BCUT2D eigenvalue weighted by Gasteiger charge is -2.07. The SMILES string of the molecule is Cc1cnc(SCC(C)CO)c(Br)c1. The molecular formula is C10H14BrNOS. The van der Waals surface area contributed by atoms with Gasteiger partial charge in [-0.25, -0.2) is 4.98 Å². The van der Waals surface area contributed by atoms with E-state index < -0.39 is 0 Å². The molecule has 78 valence electrons. The lowest BCUT2D eigenvalue weighted by atomic mass is 10.2. The van der Waals surface area contributed by atoms with Crippen molar-refractivity contribution >= 4 is 27.7 Å². The minimum absolute atomic E-state index is 0.233. The Labute approximate surface area is 97.3 Å². The second-order valence-corrected chi connectivity index (χ2v) is 5.26. The third-order valence-corrected chi connectivity index (χ3v) is 3.96. The highest BCUT2D eigenvalue weighted by molar-refractivity contribution is 9.10. The van der Waals surface area contributed by atoms with Crippen LogP contribution < -0.4 is 0 Å². The van der Waals surface area contributed by atoms with Crippen LogP contribution in [0.3, 0.4) is 0 Å². The van der Waals surface area contributed by atoms with Gasteiger partial charge >= 0.3 is 0 Å². The van der Waals surface area contributed by atoms with Gasteiger partial charge in [-0.1, -0.05) is 6.92 Å². The molecule has 0 saturated carbocycles. The van der Waals surface area contributed by atoms with Gasteiger partial charge in [0, 0.05) is 18.6 Å². The molecule has 0 radical (unpaired) electrons. The Morgan fingerprint density at radius 1 is 1.64 bits per heavy atom. The Hall–Kier alpha value is -0.0600. The zero-order chi connectivity index (χ0) is 10.6. The number of aliphatic hydroxyl groups is 1. The van der Waals surface area contributed by atoms with E-state index in [-0.39, 0.29) is 6.61 Å². The summed E-state index contributed by atoms with van der Waals surface area (Å²) in [5.74, 6) is 1.21. The number of rotatable bonds is 4. The molecule has 0 spiro atoms. The van der Waals surface area contributed by atoms with E-state index in [4.69, 9.17) is 5.11 Å². The van der Waals surface area contributed by atoms with Crippen LogP contribution in [0.15, 0.2) is 21.8 Å². The number of aryl methyl sites for hydroxylation is 1. The van der Waals surface area contributed by atoms with Gasteiger partial charge < -0.3 is 5.11 Å². The van der Waals surface area contributed by atoms with Gasteiger partial charge in [-0.15, -0.1) is 11.8 Å². The summed E-state index contributed by atoms with van der Waals surface area (Å²) in [5, 5.41) is 9.88. The average Bonchev–Trinajstić information content (AvgIpc) is 2.16. The van der Waals surface area contributed by atoms with Crippen molar-refractivity contribution in [3.8, 4) is 0 Å². The topological polar surface area (TPSA) is 33.1 Å². The fraction of sp³-hybridized carbons (Fsp3) is 0.500. The maximum Gasteiger partial charge on any atom is 0.110 e. The standard InChI is InChI=1S/C10H14BrNOS/c1-7-3-9(11)10(12-4-7)14-6-8(2)5-13/h3-4,8,13H,5-6H2,1-2H3. The van der Waals surface area contributed by atoms with Crippen molar-refractivity contribution in [1.29, 1.82) is 0 Å². The van der Waals surface area contributed by atoms with Crippen LogP contribution in [0, 0.1) is 12.8 Å². The van der Waals surface area contributed by atoms with Crippen molar-refractivity contribution in [1.82, 2.24) is 4.98 Å². The number of thioether (sulfide) groups is 1. The van der Waals surface area contributed by atoms with Gasteiger partial charge in [0.1, 0.15) is 5.03 Å². The molecule has 1 heterocycles. The van der Waals surface area contributed by atoms with Gasteiger partial charge in [0.2, 0.25) is 0 Å². The predicted octanol–water partition coefficient (Wildman–Crippen LogP) is 2.87. The molecule has 0 aromatic carbocycles. The molecule has 0 aliphatic heterocycles. The summed E-state index contributed by atoms with van der Waals surface area (Å²) in [4.78, 5) is 4.32. The maximum absolute atomic E-state index is 8.88. The molecule has 0 saturated heterocycles. The van der Waals surface area contributed by atoms with E-state index in [0.717, 1.165) is 20.8 Å². The summed E-state index contributed by atoms with van der Waals surface area (Å²) in [6, 6.07) is 2.05. The van der Waals surface area contributed by atoms with Crippen molar-refractivity contribution < 1.29 is 5.11 Å². The largest absolute Gasteiger partial charge is 0.396 e. The van der Waals surface area contributed by atoms with E-state index in [9.17, 15) is 0 Å². The highest BCUT2D eigenvalue weighted by atomic mass is 79.9. The monoisotopic (exact) mass is 275 g/mol. The predicted molar refractivity (Wildman–Crippen MR) is 63.6 cm³/mol. The first-order valence-corrected chi connectivity index (χ1v) is 6.27. The minimum atomic E-state index is 0.233. The van der Waals surface area contributed by atoms with Gasteiger partial charge in [0.05, 0.1) is 4.47 Å². The van der Waals surface area contributed by atoms with Gasteiger partial charge in [0.15, 0.2) is 0 Å². The lowest BCUT2D eigenvalue weighted by molar-refractivity contribution is 0.250. The average molecular weight is 276 g/mol. The maximum atomic E-state index is 8.88. The second kappa shape index (κ2) is 5.73. The molecule has 0 aliphatic rings. The summed E-state index contributed by atoms with van der Waals surface area (Å²) < 4.78 is 1.03. The van der Waals surface area contributed by atoms with Crippen molar-refractivity contribution in [3.63, 3.8) is 0 Å². The van der Waals surface area contributed by atoms with Crippen LogP contribution in [0.1, 0.15) is 12.5 Å². The summed E-state index contributed by atoms with van der Waals surface area (Å²) in [6.45, 7) is 4.27. The van der Waals surface area contributed by atoms with E-state index in [1.165, 1.54) is 0 Å². The third kappa shape index (κ3) is 3.59. The molecule has 1 rings (SSSR count). The Bertz CT molecular complexity index is 306. The lowest BCUT2D eigenvalue weighted by Crippen LogP contribution is -2.03. The van der Waals surface area contributed by atoms with Crippen molar-refractivity contribution in [3.05, 3.63) is 22.3 Å². The molecule has 0 bridgehead atoms. The first-order chi connectivity index (χ1) is 6.63. The number of aromatic nitrogens is 1. The van der Waals surface area contributed by atoms with Crippen LogP contribution in [0.4, 0.5) is 0 Å². The first-order valence-electron chi connectivity index (χ1n) is 4.49. The molecule has 0 aliphatic carbocycles. The third-order valence-electron chi connectivity index (χ3n) is 1.76. The van der Waals surface area contributed by atoms with Crippen molar-refractivity contribution in [2.75, 3.05) is 12.4 Å². The van der Waals surface area contributed by atoms with Crippen LogP contribution >= 0.6 is 27.7 Å². The van der Waals surface area contributed by atoms with E-state index >= 15 is 0 Å². The van der Waals surface area contributed by atoms with Crippen LogP contribution in [-0.4, -0.2) is 22.5 Å². The highest BCUT2D eigenvalue weighted by Crippen LogP contribution is 2.27. The van der Waals surface area contributed by atoms with Gasteiger partial charge in [-0.2, -0.15) is 0 Å². The van der Waals surface area contributed by atoms with Crippen LogP contribution in [0.25, 0.3) is 0 Å². The van der Waals surface area contributed by atoms with Crippen molar-refractivity contribution in [2.24, 2.45) is 5.92 Å². The van der Waals surface area contributed by atoms with E-state index in [1.54, 1.807) is 11.8 Å². The minimum Gasteiger partial charge on any atom is -0.396 e. The summed E-state index contributed by atoms with van der Waals surface area (Å²) in [5.41, 5.74) is 1.15. The van der Waals surface area contributed by atoms with Gasteiger partial charge in [-0.3, -0.25) is 0 Å². The molecule has 1 aromatic rings. The molecule has 0 amide bonds. The first kappa shape index (κ1) is 12.0. The van der Waals surface area contributed by atoms with E-state index in [2.05, 4.69) is 27.0 Å². The van der Waals surface area contributed by atoms with Gasteiger partial charge in [0.25, 0.3) is 0 Å². The number of hydrogen-bond donors (Lipinski definition) is 1. The Kier molecular flexibility index (Phi) is 4.92. The normalized spacial score (nSPS) is 12.9. The van der Waals surface area contributed by atoms with E-state index in [1.807, 2.05) is 20.0 Å². The second-order valence-electron chi connectivity index (χ2n) is 3.40. The molecule has 1 N–H and O–H groups in total. The fourth-order valence-corrected chi connectivity index (χ4v) is 2.58. The molecule has 0 fully saturated rings. The van der Waals surface area contributed by atoms with Crippen LogP contribution in [-0.2, 0) is 0 Å². The smallest absolute Gasteiger partial charge is 0.110 e. The summed E-state index contributed by atoms with van der Waals surface area (Å²) in [6.07, 6.45) is 1.86. The van der Waals surface area contributed by atoms with Crippen molar-refractivity contribution in [2.45, 2.75) is 18.9 Å². The van der Waals surface area contributed by atoms with Crippen LogP contribution in [0.2, 0.25) is 0 Å². The number of pyridine rings is 1. The summed E-state index contributed by atoms with van der Waals surface area (Å²) >= 11 is 5.14. The number of nitrogens with zero attached hydrogens (tertiary/aromatic N) is 1. The fourth-order valence-electron chi connectivity index (χ4n) is 0.901. The Morgan fingerprint density at radius 2 is 2.36 bits per heavy atom. The molecule has 1 atom stereocenters. The number of halogens is 1. The molecule has 1 aromatic heterocycles. The molecular weight excluding hydrogens is 262 g/mol.